The predicted molar refractivity (Wildman–Crippen MR) is 84.7 cm³/mol. The molecule has 0 spiro atoms. The van der Waals surface area contributed by atoms with E-state index in [1.54, 1.807) is 0 Å². The molecule has 0 aromatic carbocycles. The third kappa shape index (κ3) is 6.14. The lowest BCUT2D eigenvalue weighted by Crippen LogP contribution is -2.44. The smallest absolute Gasteiger partial charge is 0.223 e. The molecule has 7 heteroatoms. The van der Waals surface area contributed by atoms with E-state index >= 15 is 0 Å². The number of nitrogens with two attached hydrogens (primary N) is 1. The van der Waals surface area contributed by atoms with E-state index in [0.29, 0.717) is 13.0 Å². The van der Waals surface area contributed by atoms with Crippen molar-refractivity contribution in [1.82, 2.24) is 9.80 Å². The van der Waals surface area contributed by atoms with Crippen molar-refractivity contribution in [3.05, 3.63) is 0 Å². The minimum Gasteiger partial charge on any atom is -0.379 e. The molecule has 0 bridgehead atoms. The van der Waals surface area contributed by atoms with Gasteiger partial charge < -0.3 is 15.4 Å². The van der Waals surface area contributed by atoms with E-state index in [9.17, 15) is 4.79 Å². The highest BCUT2D eigenvalue weighted by atomic mass is 35.5. The fraction of sp³-hybridized carbons (Fsp3) is 0.923. The first kappa shape index (κ1) is 19.9. The Labute approximate surface area is 134 Å². The molecule has 2 fully saturated rings. The molecule has 20 heavy (non-hydrogen) atoms. The quantitative estimate of drug-likeness (QED) is 0.827. The number of carbonyl (C=O) groups excluding carboxylic acids is 1. The Morgan fingerprint density at radius 2 is 1.70 bits per heavy atom. The lowest BCUT2D eigenvalue weighted by molar-refractivity contribution is -0.132. The van der Waals surface area contributed by atoms with Crippen molar-refractivity contribution in [2.75, 3.05) is 52.5 Å². The molecule has 2 saturated heterocycles. The summed E-state index contributed by atoms with van der Waals surface area (Å²) in [7, 11) is 0. The summed E-state index contributed by atoms with van der Waals surface area (Å²) >= 11 is 0. The van der Waals surface area contributed by atoms with Gasteiger partial charge in [0.05, 0.1) is 13.2 Å². The van der Waals surface area contributed by atoms with E-state index in [2.05, 4.69) is 4.90 Å². The van der Waals surface area contributed by atoms with Crippen LogP contribution in [0, 0.1) is 5.92 Å². The second-order valence-corrected chi connectivity index (χ2v) is 5.28. The SMILES string of the molecule is Cl.Cl.NCCC(=O)N1CCC(CN2CCOCC2)CC1. The first-order valence-corrected chi connectivity index (χ1v) is 7.07. The van der Waals surface area contributed by atoms with Gasteiger partial charge in [0.25, 0.3) is 0 Å². The lowest BCUT2D eigenvalue weighted by Gasteiger charge is -2.36. The number of morpholine rings is 1. The number of amides is 1. The molecule has 5 nitrogen and oxygen atoms in total. The van der Waals surface area contributed by atoms with Crippen molar-refractivity contribution in [3.8, 4) is 0 Å². The molecule has 0 saturated carbocycles. The molecule has 2 aliphatic rings. The Hall–Kier alpha value is -0.0700. The van der Waals surface area contributed by atoms with E-state index in [1.807, 2.05) is 4.90 Å². The largest absolute Gasteiger partial charge is 0.379 e. The fourth-order valence-corrected chi connectivity index (χ4v) is 2.80. The number of likely N-dealkylation sites (tertiary alicyclic amines) is 1. The van der Waals surface area contributed by atoms with Crippen LogP contribution in [0.4, 0.5) is 0 Å². The van der Waals surface area contributed by atoms with Crippen molar-refractivity contribution < 1.29 is 9.53 Å². The summed E-state index contributed by atoms with van der Waals surface area (Å²) in [4.78, 5) is 16.2. The van der Waals surface area contributed by atoms with E-state index < -0.39 is 0 Å². The average Bonchev–Trinajstić information content (AvgIpc) is 2.41. The first-order chi connectivity index (χ1) is 8.79. The van der Waals surface area contributed by atoms with Crippen molar-refractivity contribution in [1.29, 1.82) is 0 Å². The summed E-state index contributed by atoms with van der Waals surface area (Å²) in [5, 5.41) is 0. The van der Waals surface area contributed by atoms with Gasteiger partial charge in [0, 0.05) is 45.7 Å². The molecule has 1 amide bonds. The van der Waals surface area contributed by atoms with Crippen LogP contribution in [0.15, 0.2) is 0 Å². The fourth-order valence-electron chi connectivity index (χ4n) is 2.80. The van der Waals surface area contributed by atoms with Crippen LogP contribution in [-0.2, 0) is 9.53 Å². The Bertz CT molecular complexity index is 268. The van der Waals surface area contributed by atoms with Crippen molar-refractivity contribution >= 4 is 30.7 Å². The third-order valence-corrected chi connectivity index (χ3v) is 3.95. The van der Waals surface area contributed by atoms with E-state index in [1.165, 1.54) is 6.54 Å². The Morgan fingerprint density at radius 1 is 1.10 bits per heavy atom. The standard InChI is InChI=1S/C13H25N3O2.2ClH/c14-4-1-13(17)16-5-2-12(3-6-16)11-15-7-9-18-10-8-15;;/h12H,1-11,14H2;2*1H. The molecule has 0 aliphatic carbocycles. The molecule has 2 N–H and O–H groups in total. The molecule has 0 aromatic rings. The van der Waals surface area contributed by atoms with Gasteiger partial charge in [-0.25, -0.2) is 0 Å². The number of ether oxygens (including phenoxy) is 1. The van der Waals surface area contributed by atoms with E-state index in [4.69, 9.17) is 10.5 Å². The molecule has 2 heterocycles. The minimum absolute atomic E-state index is 0. The molecule has 2 rings (SSSR count). The number of hydrogen-bond acceptors (Lipinski definition) is 4. The molecule has 0 unspecified atom stereocenters. The monoisotopic (exact) mass is 327 g/mol. The molecule has 2 aliphatic heterocycles. The highest BCUT2D eigenvalue weighted by Crippen LogP contribution is 2.19. The van der Waals surface area contributed by atoms with Gasteiger partial charge in [-0.3, -0.25) is 9.69 Å². The number of piperidine rings is 1. The summed E-state index contributed by atoms with van der Waals surface area (Å²) in [5.41, 5.74) is 5.42. The Morgan fingerprint density at radius 3 is 2.25 bits per heavy atom. The van der Waals surface area contributed by atoms with Gasteiger partial charge in [-0.15, -0.1) is 24.8 Å². The Balaban J connectivity index is 0.00000180. The van der Waals surface area contributed by atoms with E-state index in [0.717, 1.165) is 58.2 Å². The number of hydrogen-bond donors (Lipinski definition) is 1. The highest BCUT2D eigenvalue weighted by molar-refractivity contribution is 5.85. The first-order valence-electron chi connectivity index (χ1n) is 7.07. The van der Waals surface area contributed by atoms with Crippen LogP contribution in [-0.4, -0.2) is 68.2 Å². The van der Waals surface area contributed by atoms with Crippen molar-refractivity contribution in [2.24, 2.45) is 11.7 Å². The van der Waals surface area contributed by atoms with Gasteiger partial charge in [-0.2, -0.15) is 0 Å². The van der Waals surface area contributed by atoms with Crippen LogP contribution in [0.25, 0.3) is 0 Å². The second-order valence-electron chi connectivity index (χ2n) is 5.28. The van der Waals surface area contributed by atoms with Crippen LogP contribution in [0.2, 0.25) is 0 Å². The normalized spacial score (nSPS) is 20.9. The van der Waals surface area contributed by atoms with Crippen LogP contribution in [0.3, 0.4) is 0 Å². The van der Waals surface area contributed by atoms with Gasteiger partial charge >= 0.3 is 0 Å². The Kier molecular flexibility index (Phi) is 10.6. The topological polar surface area (TPSA) is 58.8 Å². The maximum atomic E-state index is 11.7. The summed E-state index contributed by atoms with van der Waals surface area (Å²) in [6.07, 6.45) is 2.76. The lowest BCUT2D eigenvalue weighted by atomic mass is 9.96. The zero-order chi connectivity index (χ0) is 12.8. The van der Waals surface area contributed by atoms with Gasteiger partial charge in [0.1, 0.15) is 0 Å². The predicted octanol–water partition coefficient (Wildman–Crippen LogP) is 0.750. The zero-order valence-corrected chi connectivity index (χ0v) is 13.6. The van der Waals surface area contributed by atoms with Crippen molar-refractivity contribution in [2.45, 2.75) is 19.3 Å². The number of nitrogens with zero attached hydrogens (tertiary/aromatic N) is 2. The molecule has 120 valence electrons. The number of halogens is 2. The van der Waals surface area contributed by atoms with Gasteiger partial charge in [0.2, 0.25) is 5.91 Å². The van der Waals surface area contributed by atoms with Gasteiger partial charge in [-0.1, -0.05) is 0 Å². The van der Waals surface area contributed by atoms with Crippen molar-refractivity contribution in [3.63, 3.8) is 0 Å². The number of rotatable bonds is 4. The minimum atomic E-state index is 0. The summed E-state index contributed by atoms with van der Waals surface area (Å²) in [6, 6.07) is 0. The molecule has 0 atom stereocenters. The maximum absolute atomic E-state index is 11.7. The van der Waals surface area contributed by atoms with E-state index in [-0.39, 0.29) is 30.7 Å². The number of carbonyl (C=O) groups is 1. The summed E-state index contributed by atoms with van der Waals surface area (Å²) < 4.78 is 5.36. The van der Waals surface area contributed by atoms with Gasteiger partial charge in [-0.05, 0) is 18.8 Å². The molecule has 0 aromatic heterocycles. The maximum Gasteiger partial charge on any atom is 0.223 e. The zero-order valence-electron chi connectivity index (χ0n) is 12.0. The van der Waals surface area contributed by atoms with Crippen LogP contribution >= 0.6 is 24.8 Å². The summed E-state index contributed by atoms with van der Waals surface area (Å²) in [6.45, 7) is 7.32. The second kappa shape index (κ2) is 10.6. The summed E-state index contributed by atoms with van der Waals surface area (Å²) in [5.74, 6) is 0.965. The average molecular weight is 328 g/mol. The molecular weight excluding hydrogens is 301 g/mol. The van der Waals surface area contributed by atoms with Crippen LogP contribution in [0.5, 0.6) is 0 Å². The van der Waals surface area contributed by atoms with Gasteiger partial charge in [0.15, 0.2) is 0 Å². The molecular formula is C13H27Cl2N3O2. The van der Waals surface area contributed by atoms with Crippen LogP contribution < -0.4 is 5.73 Å². The highest BCUT2D eigenvalue weighted by Gasteiger charge is 2.24. The third-order valence-electron chi connectivity index (χ3n) is 3.95. The van der Waals surface area contributed by atoms with Crippen LogP contribution in [0.1, 0.15) is 19.3 Å². The molecule has 0 radical (unpaired) electrons.